The molecule has 0 aliphatic carbocycles. The lowest BCUT2D eigenvalue weighted by Crippen LogP contribution is -1.91. The Balaban J connectivity index is 2.28. The van der Waals surface area contributed by atoms with Gasteiger partial charge < -0.3 is 5.73 Å². The summed E-state index contributed by atoms with van der Waals surface area (Å²) < 4.78 is 0. The van der Waals surface area contributed by atoms with E-state index < -0.39 is 0 Å². The summed E-state index contributed by atoms with van der Waals surface area (Å²) in [5.41, 5.74) is 6.57. The molecule has 0 bridgehead atoms. The quantitative estimate of drug-likeness (QED) is 0.873. The van der Waals surface area contributed by atoms with E-state index >= 15 is 0 Å². The number of halogens is 1. The van der Waals surface area contributed by atoms with Gasteiger partial charge in [0.2, 0.25) is 0 Å². The Kier molecular flexibility index (Phi) is 3.78. The van der Waals surface area contributed by atoms with Crippen LogP contribution in [0.25, 0.3) is 16.5 Å². The molecule has 0 atom stereocenters. The predicted octanol–water partition coefficient (Wildman–Crippen LogP) is 4.04. The molecule has 1 nitrogen and oxygen atoms in total. The number of nitrogens with two attached hydrogens (primary N) is 1. The molecule has 0 radical (unpaired) electrons. The number of hydrogen-bond donors (Lipinski definition) is 1. The highest BCUT2D eigenvalue weighted by Crippen LogP contribution is 2.30. The van der Waals surface area contributed by atoms with Gasteiger partial charge in [-0.25, -0.2) is 0 Å². The van der Waals surface area contributed by atoms with Crippen molar-refractivity contribution in [1.29, 1.82) is 0 Å². The van der Waals surface area contributed by atoms with Crippen LogP contribution in [0.1, 0.15) is 4.88 Å². The van der Waals surface area contributed by atoms with E-state index in [1.54, 1.807) is 11.3 Å². The Hall–Kier alpha value is -1.09. The van der Waals surface area contributed by atoms with Crippen LogP contribution in [-0.2, 0) is 0 Å². The maximum atomic E-state index is 5.96. The van der Waals surface area contributed by atoms with Crippen LogP contribution in [0.15, 0.2) is 42.5 Å². The summed E-state index contributed by atoms with van der Waals surface area (Å²) in [4.78, 5) is 2.43. The van der Waals surface area contributed by atoms with Gasteiger partial charge >= 0.3 is 0 Å². The first-order valence-corrected chi connectivity index (χ1v) is 6.21. The Morgan fingerprint density at radius 3 is 2.88 bits per heavy atom. The van der Waals surface area contributed by atoms with Crippen LogP contribution < -0.4 is 5.73 Å². The molecular weight excluding hydrogens is 238 g/mol. The van der Waals surface area contributed by atoms with Crippen molar-refractivity contribution in [1.82, 2.24) is 0 Å². The molecule has 2 N–H and O–H groups in total. The van der Waals surface area contributed by atoms with E-state index in [0.717, 1.165) is 10.6 Å². The summed E-state index contributed by atoms with van der Waals surface area (Å²) in [6.45, 7) is 0.574. The molecular formula is C13H12ClNS. The lowest BCUT2D eigenvalue weighted by molar-refractivity contribution is 1.26. The highest BCUT2D eigenvalue weighted by molar-refractivity contribution is 7.16. The second kappa shape index (κ2) is 5.30. The van der Waals surface area contributed by atoms with Crippen molar-refractivity contribution in [3.63, 3.8) is 0 Å². The van der Waals surface area contributed by atoms with Crippen molar-refractivity contribution < 1.29 is 0 Å². The molecule has 3 heteroatoms. The van der Waals surface area contributed by atoms with E-state index in [2.05, 4.69) is 18.2 Å². The smallest absolute Gasteiger partial charge is 0.0412 e. The first-order valence-electron chi connectivity index (χ1n) is 5.02. The summed E-state index contributed by atoms with van der Waals surface area (Å²) in [7, 11) is 0. The molecule has 2 rings (SSSR count). The highest BCUT2D eigenvalue weighted by Gasteiger charge is 2.01. The second-order valence-corrected chi connectivity index (χ2v) is 4.90. The third-order valence-corrected chi connectivity index (χ3v) is 3.49. The van der Waals surface area contributed by atoms with Crippen molar-refractivity contribution in [3.8, 4) is 10.4 Å². The van der Waals surface area contributed by atoms with Crippen LogP contribution in [0.2, 0.25) is 5.02 Å². The Morgan fingerprint density at radius 2 is 2.12 bits per heavy atom. The zero-order valence-corrected chi connectivity index (χ0v) is 10.3. The second-order valence-electron chi connectivity index (χ2n) is 3.35. The molecule has 0 aliphatic heterocycles. The first kappa shape index (κ1) is 11.4. The van der Waals surface area contributed by atoms with Crippen LogP contribution in [0.3, 0.4) is 0 Å². The zero-order chi connectivity index (χ0) is 11.4. The van der Waals surface area contributed by atoms with Gasteiger partial charge in [-0.15, -0.1) is 11.3 Å². The summed E-state index contributed by atoms with van der Waals surface area (Å²) in [6.07, 6.45) is 3.99. The van der Waals surface area contributed by atoms with E-state index in [-0.39, 0.29) is 0 Å². The van der Waals surface area contributed by atoms with E-state index in [1.165, 1.54) is 9.75 Å². The topological polar surface area (TPSA) is 26.0 Å². The van der Waals surface area contributed by atoms with Crippen molar-refractivity contribution in [2.75, 3.05) is 6.54 Å². The van der Waals surface area contributed by atoms with E-state index in [1.807, 2.05) is 30.4 Å². The van der Waals surface area contributed by atoms with E-state index in [4.69, 9.17) is 17.3 Å². The normalized spacial score (nSPS) is 11.1. The standard InChI is InChI=1S/C13H12ClNS/c14-11-4-1-3-10(9-11)13-7-6-12(16-13)5-2-8-15/h1-7,9H,8,15H2. The van der Waals surface area contributed by atoms with Gasteiger partial charge in [0.1, 0.15) is 0 Å². The molecule has 0 fully saturated rings. The molecule has 1 heterocycles. The van der Waals surface area contributed by atoms with Gasteiger partial charge in [0.15, 0.2) is 0 Å². The summed E-state index contributed by atoms with van der Waals surface area (Å²) >= 11 is 7.69. The molecule has 0 saturated heterocycles. The minimum Gasteiger partial charge on any atom is -0.327 e. The van der Waals surface area contributed by atoms with Crippen molar-refractivity contribution in [3.05, 3.63) is 52.4 Å². The lowest BCUT2D eigenvalue weighted by Gasteiger charge is -1.96. The maximum absolute atomic E-state index is 5.96. The number of hydrogen-bond acceptors (Lipinski definition) is 2. The minimum absolute atomic E-state index is 0.574. The van der Waals surface area contributed by atoms with E-state index in [9.17, 15) is 0 Å². The predicted molar refractivity (Wildman–Crippen MR) is 72.9 cm³/mol. The third-order valence-electron chi connectivity index (χ3n) is 2.15. The average Bonchev–Trinajstić information content (AvgIpc) is 2.75. The van der Waals surface area contributed by atoms with E-state index in [0.29, 0.717) is 6.54 Å². The van der Waals surface area contributed by atoms with Gasteiger partial charge in [-0.1, -0.05) is 29.8 Å². The van der Waals surface area contributed by atoms with Crippen LogP contribution in [0.5, 0.6) is 0 Å². The largest absolute Gasteiger partial charge is 0.327 e. The molecule has 1 aromatic heterocycles. The molecule has 0 spiro atoms. The molecule has 82 valence electrons. The number of rotatable bonds is 3. The van der Waals surface area contributed by atoms with Crippen LogP contribution in [-0.4, -0.2) is 6.54 Å². The summed E-state index contributed by atoms with van der Waals surface area (Å²) in [6, 6.07) is 12.1. The van der Waals surface area contributed by atoms with Gasteiger partial charge in [-0.2, -0.15) is 0 Å². The summed E-state index contributed by atoms with van der Waals surface area (Å²) in [5.74, 6) is 0. The number of benzene rings is 1. The molecule has 16 heavy (non-hydrogen) atoms. The van der Waals surface area contributed by atoms with Gasteiger partial charge in [0, 0.05) is 21.3 Å². The van der Waals surface area contributed by atoms with Crippen molar-refractivity contribution in [2.45, 2.75) is 0 Å². The maximum Gasteiger partial charge on any atom is 0.0412 e. The first-order chi connectivity index (χ1) is 7.79. The van der Waals surface area contributed by atoms with Crippen LogP contribution in [0, 0.1) is 0 Å². The fourth-order valence-corrected chi connectivity index (χ4v) is 2.55. The van der Waals surface area contributed by atoms with Crippen molar-refractivity contribution in [2.24, 2.45) is 5.73 Å². The van der Waals surface area contributed by atoms with Gasteiger partial charge in [0.05, 0.1) is 0 Å². The average molecular weight is 250 g/mol. The molecule has 2 aromatic rings. The third kappa shape index (κ3) is 2.73. The Morgan fingerprint density at radius 1 is 1.25 bits per heavy atom. The monoisotopic (exact) mass is 249 g/mol. The molecule has 0 aliphatic rings. The Labute approximate surface area is 104 Å². The minimum atomic E-state index is 0.574. The van der Waals surface area contributed by atoms with Crippen molar-refractivity contribution >= 4 is 29.0 Å². The molecule has 0 unspecified atom stereocenters. The fraction of sp³-hybridized carbons (Fsp3) is 0.0769. The number of thiophene rings is 1. The molecule has 0 amide bonds. The highest BCUT2D eigenvalue weighted by atomic mass is 35.5. The molecule has 0 saturated carbocycles. The van der Waals surface area contributed by atoms with Gasteiger partial charge in [-0.05, 0) is 35.9 Å². The van der Waals surface area contributed by atoms with Crippen LogP contribution >= 0.6 is 22.9 Å². The zero-order valence-electron chi connectivity index (χ0n) is 8.69. The fourth-order valence-electron chi connectivity index (χ4n) is 1.42. The summed E-state index contributed by atoms with van der Waals surface area (Å²) in [5, 5.41) is 0.768. The molecule has 1 aromatic carbocycles. The van der Waals surface area contributed by atoms with Gasteiger partial charge in [-0.3, -0.25) is 0 Å². The Bertz CT molecular complexity index is 502. The lowest BCUT2D eigenvalue weighted by atomic mass is 10.2. The van der Waals surface area contributed by atoms with Gasteiger partial charge in [0.25, 0.3) is 0 Å². The van der Waals surface area contributed by atoms with Crippen LogP contribution in [0.4, 0.5) is 0 Å². The SMILES string of the molecule is NCC=Cc1ccc(-c2cccc(Cl)c2)s1.